The van der Waals surface area contributed by atoms with Crippen LogP contribution in [0.3, 0.4) is 0 Å². The normalized spacial score (nSPS) is 18.4. The van der Waals surface area contributed by atoms with Crippen molar-refractivity contribution in [2.45, 2.75) is 44.2 Å². The summed E-state index contributed by atoms with van der Waals surface area (Å²) in [5, 5.41) is 13.1. The largest absolute Gasteiger partial charge is 0.497 e. The van der Waals surface area contributed by atoms with Crippen LogP contribution in [0.5, 0.6) is 5.75 Å². The van der Waals surface area contributed by atoms with Crippen molar-refractivity contribution in [3.05, 3.63) is 29.8 Å². The van der Waals surface area contributed by atoms with Gasteiger partial charge >= 0.3 is 0 Å². The Bertz CT molecular complexity index is 373. The topological polar surface area (TPSA) is 41.5 Å². The van der Waals surface area contributed by atoms with E-state index in [0.29, 0.717) is 6.04 Å². The van der Waals surface area contributed by atoms with Crippen molar-refractivity contribution in [2.24, 2.45) is 0 Å². The summed E-state index contributed by atoms with van der Waals surface area (Å²) in [5.74, 6) is 0.889. The molecule has 1 aliphatic rings. The molecule has 2 rings (SSSR count). The lowest BCUT2D eigenvalue weighted by Crippen LogP contribution is -2.47. The van der Waals surface area contributed by atoms with Crippen LogP contribution in [0.1, 0.15) is 31.7 Å². The monoisotopic (exact) mass is 249 g/mol. The summed E-state index contributed by atoms with van der Waals surface area (Å²) in [7, 11) is 1.68. The first-order valence-corrected chi connectivity index (χ1v) is 6.67. The Morgan fingerprint density at radius 3 is 2.50 bits per heavy atom. The van der Waals surface area contributed by atoms with Gasteiger partial charge in [0.2, 0.25) is 0 Å². The van der Waals surface area contributed by atoms with Crippen molar-refractivity contribution in [3.63, 3.8) is 0 Å². The molecule has 0 radical (unpaired) electrons. The minimum absolute atomic E-state index is 0.152. The summed E-state index contributed by atoms with van der Waals surface area (Å²) in [4.78, 5) is 0. The fourth-order valence-electron chi connectivity index (χ4n) is 2.13. The average molecular weight is 249 g/mol. The molecule has 1 unspecified atom stereocenters. The number of methoxy groups -OCH3 is 1. The van der Waals surface area contributed by atoms with E-state index in [9.17, 15) is 5.11 Å². The Morgan fingerprint density at radius 2 is 2.00 bits per heavy atom. The number of benzene rings is 1. The van der Waals surface area contributed by atoms with Gasteiger partial charge in [-0.05, 0) is 50.3 Å². The van der Waals surface area contributed by atoms with Gasteiger partial charge in [0.15, 0.2) is 0 Å². The summed E-state index contributed by atoms with van der Waals surface area (Å²) in [6.07, 6.45) is 4.42. The van der Waals surface area contributed by atoms with Crippen molar-refractivity contribution in [1.29, 1.82) is 0 Å². The van der Waals surface area contributed by atoms with Gasteiger partial charge in [0.25, 0.3) is 0 Å². The molecule has 0 saturated heterocycles. The fourth-order valence-corrected chi connectivity index (χ4v) is 2.13. The third-order valence-electron chi connectivity index (χ3n) is 3.60. The highest BCUT2D eigenvalue weighted by Crippen LogP contribution is 2.25. The molecular formula is C15H23NO2. The molecule has 0 bridgehead atoms. The first kappa shape index (κ1) is 13.4. The van der Waals surface area contributed by atoms with E-state index in [0.717, 1.165) is 18.6 Å². The zero-order chi connectivity index (χ0) is 13.0. The number of ether oxygens (including phenoxy) is 1. The van der Waals surface area contributed by atoms with E-state index in [-0.39, 0.29) is 12.1 Å². The van der Waals surface area contributed by atoms with Gasteiger partial charge in [-0.2, -0.15) is 0 Å². The zero-order valence-electron chi connectivity index (χ0n) is 11.3. The van der Waals surface area contributed by atoms with Gasteiger partial charge in [0.05, 0.1) is 13.7 Å². The highest BCUT2D eigenvalue weighted by molar-refractivity contribution is 5.27. The Hall–Kier alpha value is -1.06. The van der Waals surface area contributed by atoms with Crippen LogP contribution in [-0.4, -0.2) is 30.4 Å². The summed E-state index contributed by atoms with van der Waals surface area (Å²) in [6.45, 7) is 2.30. The summed E-state index contributed by atoms with van der Waals surface area (Å²) >= 11 is 0. The SMILES string of the molecule is COc1ccc(CCC(C)(CO)NC2CC2)cc1. The molecule has 1 fully saturated rings. The molecule has 3 heteroatoms. The van der Waals surface area contributed by atoms with E-state index in [2.05, 4.69) is 24.4 Å². The van der Waals surface area contributed by atoms with Crippen LogP contribution < -0.4 is 10.1 Å². The standard InChI is InChI=1S/C15H23NO2/c1-15(11-17,16-13-5-6-13)10-9-12-3-7-14(18-2)8-4-12/h3-4,7-8,13,16-17H,5-6,9-11H2,1-2H3. The van der Waals surface area contributed by atoms with E-state index in [1.54, 1.807) is 7.11 Å². The molecule has 100 valence electrons. The number of hydrogen-bond donors (Lipinski definition) is 2. The van der Waals surface area contributed by atoms with Crippen LogP contribution in [0, 0.1) is 0 Å². The van der Waals surface area contributed by atoms with Crippen LogP contribution in [-0.2, 0) is 6.42 Å². The minimum Gasteiger partial charge on any atom is -0.497 e. The van der Waals surface area contributed by atoms with Crippen LogP contribution in [0.2, 0.25) is 0 Å². The molecule has 18 heavy (non-hydrogen) atoms. The second-order valence-electron chi connectivity index (χ2n) is 5.49. The van der Waals surface area contributed by atoms with Gasteiger partial charge in [-0.25, -0.2) is 0 Å². The van der Waals surface area contributed by atoms with Gasteiger partial charge in [-0.1, -0.05) is 12.1 Å². The molecule has 1 aromatic rings. The summed E-state index contributed by atoms with van der Waals surface area (Å²) < 4.78 is 5.14. The first-order chi connectivity index (χ1) is 8.65. The van der Waals surface area contributed by atoms with Crippen LogP contribution >= 0.6 is 0 Å². The van der Waals surface area contributed by atoms with Crippen LogP contribution in [0.15, 0.2) is 24.3 Å². The summed E-state index contributed by atoms with van der Waals surface area (Å²) in [5.41, 5.74) is 1.13. The smallest absolute Gasteiger partial charge is 0.118 e. The average Bonchev–Trinajstić information content (AvgIpc) is 3.21. The van der Waals surface area contributed by atoms with Gasteiger partial charge in [0, 0.05) is 11.6 Å². The Balaban J connectivity index is 1.87. The van der Waals surface area contributed by atoms with Crippen LogP contribution in [0.25, 0.3) is 0 Å². The molecule has 1 atom stereocenters. The van der Waals surface area contributed by atoms with Crippen molar-refractivity contribution in [3.8, 4) is 5.75 Å². The number of nitrogens with one attached hydrogen (secondary N) is 1. The predicted molar refractivity (Wildman–Crippen MR) is 73.0 cm³/mol. The summed E-state index contributed by atoms with van der Waals surface area (Å²) in [6, 6.07) is 8.78. The maximum atomic E-state index is 9.54. The molecule has 0 aliphatic heterocycles. The van der Waals surface area contributed by atoms with Gasteiger partial charge < -0.3 is 15.2 Å². The van der Waals surface area contributed by atoms with Gasteiger partial charge in [-0.15, -0.1) is 0 Å². The molecule has 0 aromatic heterocycles. The lowest BCUT2D eigenvalue weighted by Gasteiger charge is -2.29. The second kappa shape index (κ2) is 5.72. The van der Waals surface area contributed by atoms with Crippen molar-refractivity contribution in [2.75, 3.05) is 13.7 Å². The maximum Gasteiger partial charge on any atom is 0.118 e. The molecule has 0 amide bonds. The number of aryl methyl sites for hydroxylation is 1. The maximum absolute atomic E-state index is 9.54. The van der Waals surface area contributed by atoms with E-state index >= 15 is 0 Å². The number of aliphatic hydroxyl groups is 1. The van der Waals surface area contributed by atoms with Gasteiger partial charge in [0.1, 0.15) is 5.75 Å². The quantitative estimate of drug-likeness (QED) is 0.778. The van der Waals surface area contributed by atoms with E-state index < -0.39 is 0 Å². The third kappa shape index (κ3) is 3.72. The second-order valence-corrected chi connectivity index (χ2v) is 5.49. The minimum atomic E-state index is -0.152. The molecule has 1 aliphatic carbocycles. The molecule has 2 N–H and O–H groups in total. The Labute approximate surface area is 109 Å². The van der Waals surface area contributed by atoms with E-state index in [1.807, 2.05) is 12.1 Å². The van der Waals surface area contributed by atoms with E-state index in [4.69, 9.17) is 4.74 Å². The fraction of sp³-hybridized carbons (Fsp3) is 0.600. The lowest BCUT2D eigenvalue weighted by molar-refractivity contribution is 0.164. The Morgan fingerprint density at radius 1 is 1.33 bits per heavy atom. The molecular weight excluding hydrogens is 226 g/mol. The molecule has 1 aromatic carbocycles. The van der Waals surface area contributed by atoms with Crippen molar-refractivity contribution < 1.29 is 9.84 Å². The molecule has 0 heterocycles. The van der Waals surface area contributed by atoms with E-state index in [1.165, 1.54) is 18.4 Å². The molecule has 1 saturated carbocycles. The van der Waals surface area contributed by atoms with Gasteiger partial charge in [-0.3, -0.25) is 0 Å². The predicted octanol–water partition coefficient (Wildman–Crippen LogP) is 2.13. The highest BCUT2D eigenvalue weighted by Gasteiger charge is 2.31. The highest BCUT2D eigenvalue weighted by atomic mass is 16.5. The number of aliphatic hydroxyl groups excluding tert-OH is 1. The number of rotatable bonds is 7. The van der Waals surface area contributed by atoms with Crippen LogP contribution in [0.4, 0.5) is 0 Å². The number of hydrogen-bond acceptors (Lipinski definition) is 3. The Kier molecular flexibility index (Phi) is 4.25. The zero-order valence-corrected chi connectivity index (χ0v) is 11.3. The van der Waals surface area contributed by atoms with Crippen molar-refractivity contribution >= 4 is 0 Å². The van der Waals surface area contributed by atoms with Crippen molar-refractivity contribution in [1.82, 2.24) is 5.32 Å². The third-order valence-corrected chi connectivity index (χ3v) is 3.60. The molecule has 3 nitrogen and oxygen atoms in total. The first-order valence-electron chi connectivity index (χ1n) is 6.67. The molecule has 0 spiro atoms. The lowest BCUT2D eigenvalue weighted by atomic mass is 9.94.